The van der Waals surface area contributed by atoms with Gasteiger partial charge in [0.15, 0.2) is 0 Å². The first-order valence-electron chi connectivity index (χ1n) is 5.64. The highest BCUT2D eigenvalue weighted by molar-refractivity contribution is 5.80. The summed E-state index contributed by atoms with van der Waals surface area (Å²) in [6.45, 7) is 1.74. The van der Waals surface area contributed by atoms with Crippen LogP contribution in [0, 0.1) is 0 Å². The summed E-state index contributed by atoms with van der Waals surface area (Å²) >= 11 is 0. The van der Waals surface area contributed by atoms with Gasteiger partial charge in [-0.2, -0.15) is 0 Å². The first-order valence-corrected chi connectivity index (χ1v) is 5.64. The lowest BCUT2D eigenvalue weighted by molar-refractivity contribution is 0.272. The third-order valence-corrected chi connectivity index (χ3v) is 3.18. The van der Waals surface area contributed by atoms with Gasteiger partial charge in [0.05, 0.1) is 18.7 Å². The minimum absolute atomic E-state index is 0.317. The first-order chi connectivity index (χ1) is 7.90. The number of nitrogens with one attached hydrogen (secondary N) is 1. The molecule has 2 heterocycles. The number of benzene rings is 1. The van der Waals surface area contributed by atoms with E-state index in [1.807, 2.05) is 18.2 Å². The van der Waals surface area contributed by atoms with Gasteiger partial charge < -0.3 is 14.8 Å². The third-order valence-electron chi connectivity index (χ3n) is 3.18. The number of hydrogen-bond donors (Lipinski definition) is 1. The zero-order chi connectivity index (χ0) is 11.0. The molecule has 0 aromatic heterocycles. The van der Waals surface area contributed by atoms with Gasteiger partial charge >= 0.3 is 0 Å². The van der Waals surface area contributed by atoms with Gasteiger partial charge in [-0.05, 0) is 30.7 Å². The number of methoxy groups -OCH3 is 1. The Morgan fingerprint density at radius 2 is 2.38 bits per heavy atom. The molecule has 0 bridgehead atoms. The van der Waals surface area contributed by atoms with Crippen molar-refractivity contribution in [3.63, 3.8) is 0 Å². The highest BCUT2D eigenvalue weighted by atomic mass is 16.5. The van der Waals surface area contributed by atoms with Crippen molar-refractivity contribution in [2.24, 2.45) is 0 Å². The molecule has 2 aliphatic rings. The summed E-state index contributed by atoms with van der Waals surface area (Å²) in [5.74, 6) is 1.84. The van der Waals surface area contributed by atoms with Gasteiger partial charge in [0.2, 0.25) is 0 Å². The zero-order valence-corrected chi connectivity index (χ0v) is 9.32. The Bertz CT molecular complexity index is 425. The Morgan fingerprint density at radius 1 is 1.44 bits per heavy atom. The molecule has 2 aliphatic heterocycles. The number of rotatable bonds is 1. The van der Waals surface area contributed by atoms with E-state index in [0.717, 1.165) is 30.0 Å². The lowest BCUT2D eigenvalue weighted by Crippen LogP contribution is -2.41. The minimum Gasteiger partial charge on any atom is -0.496 e. The monoisotopic (exact) mass is 217 g/mol. The molecule has 1 N–H and O–H groups in total. The average molecular weight is 217 g/mol. The van der Waals surface area contributed by atoms with Crippen LogP contribution in [0.1, 0.15) is 12.0 Å². The predicted octanol–water partition coefficient (Wildman–Crippen LogP) is 1.83. The molecule has 1 aromatic rings. The van der Waals surface area contributed by atoms with Crippen molar-refractivity contribution in [2.75, 3.05) is 20.3 Å². The maximum atomic E-state index is 5.75. The van der Waals surface area contributed by atoms with Crippen LogP contribution in [0.4, 0.5) is 0 Å². The van der Waals surface area contributed by atoms with Crippen molar-refractivity contribution in [3.05, 3.63) is 29.8 Å². The van der Waals surface area contributed by atoms with Gasteiger partial charge in [-0.15, -0.1) is 0 Å². The Hall–Kier alpha value is -1.48. The summed E-state index contributed by atoms with van der Waals surface area (Å²) in [5, 5.41) is 3.46. The quantitative estimate of drug-likeness (QED) is 0.778. The molecule has 0 amide bonds. The maximum absolute atomic E-state index is 5.75. The van der Waals surface area contributed by atoms with Gasteiger partial charge in [0.25, 0.3) is 0 Å². The molecule has 0 fully saturated rings. The van der Waals surface area contributed by atoms with Crippen molar-refractivity contribution in [1.82, 2.24) is 5.32 Å². The number of fused-ring (bicyclic) bond motifs is 3. The molecular formula is C13H15NO2. The second-order valence-corrected chi connectivity index (χ2v) is 4.10. The second-order valence-electron chi connectivity index (χ2n) is 4.10. The lowest BCUT2D eigenvalue weighted by atomic mass is 9.91. The second kappa shape index (κ2) is 3.83. The van der Waals surface area contributed by atoms with Crippen LogP contribution in [0.15, 0.2) is 24.3 Å². The van der Waals surface area contributed by atoms with Gasteiger partial charge in [-0.3, -0.25) is 0 Å². The molecule has 0 aliphatic carbocycles. The number of ether oxygens (including phenoxy) is 2. The normalized spacial score (nSPS) is 22.6. The standard InChI is InChI=1S/C13H15NO2/c1-15-11-5-2-6-12-13(11)9-4-3-7-14-10(9)8-16-12/h2,4-6,10,14H,3,7-8H2,1H3/t10-/m1/s1. The van der Waals surface area contributed by atoms with Crippen LogP contribution in [-0.2, 0) is 0 Å². The van der Waals surface area contributed by atoms with Crippen LogP contribution >= 0.6 is 0 Å². The summed E-state index contributed by atoms with van der Waals surface area (Å²) in [6.07, 6.45) is 3.37. The minimum atomic E-state index is 0.317. The topological polar surface area (TPSA) is 30.5 Å². The summed E-state index contributed by atoms with van der Waals surface area (Å²) in [4.78, 5) is 0. The van der Waals surface area contributed by atoms with Crippen molar-refractivity contribution in [1.29, 1.82) is 0 Å². The van der Waals surface area contributed by atoms with E-state index < -0.39 is 0 Å². The average Bonchev–Trinajstić information content (AvgIpc) is 2.37. The summed E-state index contributed by atoms with van der Waals surface area (Å²) in [7, 11) is 1.70. The molecule has 0 unspecified atom stereocenters. The Labute approximate surface area is 95.1 Å². The smallest absolute Gasteiger partial charge is 0.130 e. The largest absolute Gasteiger partial charge is 0.496 e. The molecule has 3 heteroatoms. The summed E-state index contributed by atoms with van der Waals surface area (Å²) in [6, 6.07) is 6.27. The molecule has 0 saturated carbocycles. The molecule has 1 atom stereocenters. The van der Waals surface area contributed by atoms with E-state index in [9.17, 15) is 0 Å². The van der Waals surface area contributed by atoms with Crippen LogP contribution in [-0.4, -0.2) is 26.3 Å². The van der Waals surface area contributed by atoms with Crippen LogP contribution in [0.2, 0.25) is 0 Å². The van der Waals surface area contributed by atoms with Crippen molar-refractivity contribution in [3.8, 4) is 11.5 Å². The van der Waals surface area contributed by atoms with Crippen molar-refractivity contribution in [2.45, 2.75) is 12.5 Å². The fraction of sp³-hybridized carbons (Fsp3) is 0.385. The molecule has 16 heavy (non-hydrogen) atoms. The summed E-state index contributed by atoms with van der Waals surface area (Å²) < 4.78 is 11.2. The Morgan fingerprint density at radius 3 is 3.25 bits per heavy atom. The third kappa shape index (κ3) is 1.39. The van der Waals surface area contributed by atoms with Gasteiger partial charge in [-0.25, -0.2) is 0 Å². The van der Waals surface area contributed by atoms with Crippen LogP contribution < -0.4 is 14.8 Å². The molecule has 0 radical (unpaired) electrons. The molecular weight excluding hydrogens is 202 g/mol. The van der Waals surface area contributed by atoms with E-state index in [1.54, 1.807) is 7.11 Å². The molecule has 0 spiro atoms. The maximum Gasteiger partial charge on any atom is 0.130 e. The van der Waals surface area contributed by atoms with E-state index >= 15 is 0 Å². The van der Waals surface area contributed by atoms with Crippen LogP contribution in [0.25, 0.3) is 5.57 Å². The SMILES string of the molecule is COc1cccc2c1C1=CCCN[C@@H]1CO2. The van der Waals surface area contributed by atoms with Gasteiger partial charge in [0.1, 0.15) is 18.1 Å². The van der Waals surface area contributed by atoms with E-state index in [1.165, 1.54) is 5.57 Å². The van der Waals surface area contributed by atoms with E-state index in [0.29, 0.717) is 12.6 Å². The Balaban J connectivity index is 2.15. The van der Waals surface area contributed by atoms with Gasteiger partial charge in [-0.1, -0.05) is 12.1 Å². The lowest BCUT2D eigenvalue weighted by Gasteiger charge is -2.32. The predicted molar refractivity (Wildman–Crippen MR) is 62.9 cm³/mol. The Kier molecular flexibility index (Phi) is 2.33. The van der Waals surface area contributed by atoms with E-state index in [-0.39, 0.29) is 0 Å². The molecule has 84 valence electrons. The summed E-state index contributed by atoms with van der Waals surface area (Å²) in [5.41, 5.74) is 2.44. The highest BCUT2D eigenvalue weighted by Gasteiger charge is 2.28. The zero-order valence-electron chi connectivity index (χ0n) is 9.32. The van der Waals surface area contributed by atoms with Crippen molar-refractivity contribution < 1.29 is 9.47 Å². The first kappa shape index (κ1) is 9.73. The van der Waals surface area contributed by atoms with Crippen LogP contribution in [0.3, 0.4) is 0 Å². The van der Waals surface area contributed by atoms with E-state index in [4.69, 9.17) is 9.47 Å². The molecule has 1 aromatic carbocycles. The molecule has 0 saturated heterocycles. The number of hydrogen-bond acceptors (Lipinski definition) is 3. The fourth-order valence-electron chi connectivity index (χ4n) is 2.42. The van der Waals surface area contributed by atoms with Gasteiger partial charge in [0, 0.05) is 0 Å². The van der Waals surface area contributed by atoms with E-state index in [2.05, 4.69) is 11.4 Å². The van der Waals surface area contributed by atoms with Crippen molar-refractivity contribution >= 4 is 5.57 Å². The fourth-order valence-corrected chi connectivity index (χ4v) is 2.42. The molecule has 3 rings (SSSR count). The highest BCUT2D eigenvalue weighted by Crippen LogP contribution is 2.40. The molecule has 3 nitrogen and oxygen atoms in total. The van der Waals surface area contributed by atoms with Crippen LogP contribution in [0.5, 0.6) is 11.5 Å².